The number of aromatic nitrogens is 4. The average Bonchev–Trinajstić information content (AvgIpc) is 2.65. The molecule has 0 spiro atoms. The van der Waals surface area contributed by atoms with E-state index in [0.717, 1.165) is 43.0 Å². The Labute approximate surface area is 115 Å². The van der Waals surface area contributed by atoms with Crippen LogP contribution in [-0.2, 0) is 27.1 Å². The van der Waals surface area contributed by atoms with Crippen LogP contribution in [0.5, 0.6) is 0 Å². The highest BCUT2D eigenvalue weighted by atomic mass is 19.1. The van der Waals surface area contributed by atoms with E-state index >= 15 is 0 Å². The van der Waals surface area contributed by atoms with Crippen LogP contribution in [0.25, 0.3) is 0 Å². The van der Waals surface area contributed by atoms with Crippen molar-refractivity contribution in [2.75, 3.05) is 11.4 Å². The van der Waals surface area contributed by atoms with Gasteiger partial charge in [-0.25, -0.2) is 14.4 Å². The highest BCUT2D eigenvalue weighted by molar-refractivity contribution is 5.34. The number of hydrogen-bond donors (Lipinski definition) is 0. The number of fused-ring (bicyclic) bond motifs is 1. The van der Waals surface area contributed by atoms with Gasteiger partial charge in [-0.1, -0.05) is 0 Å². The van der Waals surface area contributed by atoms with Crippen molar-refractivity contribution < 1.29 is 4.39 Å². The summed E-state index contributed by atoms with van der Waals surface area (Å²) >= 11 is 0. The predicted octanol–water partition coefficient (Wildman–Crippen LogP) is 0.606. The summed E-state index contributed by atoms with van der Waals surface area (Å²) < 4.78 is 16.4. The maximum absolute atomic E-state index is 12.9. The summed E-state index contributed by atoms with van der Waals surface area (Å²) in [6.45, 7) is 1.22. The van der Waals surface area contributed by atoms with Crippen LogP contribution in [0.3, 0.4) is 0 Å². The van der Waals surface area contributed by atoms with E-state index < -0.39 is 5.82 Å². The second-order valence-corrected chi connectivity index (χ2v) is 5.00. The Kier molecular flexibility index (Phi) is 3.04. The summed E-state index contributed by atoms with van der Waals surface area (Å²) in [6, 6.07) is 0. The minimum absolute atomic E-state index is 0.0107. The molecule has 0 aromatic carbocycles. The van der Waals surface area contributed by atoms with Crippen molar-refractivity contribution in [2.24, 2.45) is 14.1 Å². The van der Waals surface area contributed by atoms with Crippen LogP contribution in [0.1, 0.15) is 17.7 Å². The molecule has 106 valence electrons. The number of anilines is 1. The van der Waals surface area contributed by atoms with Gasteiger partial charge >= 0.3 is 0 Å². The summed E-state index contributed by atoms with van der Waals surface area (Å²) in [7, 11) is 3.65. The maximum Gasteiger partial charge on any atom is 0.271 e. The van der Waals surface area contributed by atoms with E-state index in [-0.39, 0.29) is 5.56 Å². The predicted molar refractivity (Wildman–Crippen MR) is 72.0 cm³/mol. The quantitative estimate of drug-likeness (QED) is 0.766. The third-order valence-corrected chi connectivity index (χ3v) is 3.82. The zero-order valence-electron chi connectivity index (χ0n) is 11.5. The van der Waals surface area contributed by atoms with E-state index in [0.29, 0.717) is 12.5 Å². The van der Waals surface area contributed by atoms with Crippen LogP contribution in [0.4, 0.5) is 10.3 Å². The van der Waals surface area contributed by atoms with Crippen LogP contribution >= 0.6 is 0 Å². The van der Waals surface area contributed by atoms with E-state index in [1.807, 2.05) is 16.6 Å². The monoisotopic (exact) mass is 277 g/mol. The first-order chi connectivity index (χ1) is 9.58. The lowest BCUT2D eigenvalue weighted by Crippen LogP contribution is -2.28. The molecule has 0 saturated carbocycles. The molecular weight excluding hydrogens is 261 g/mol. The summed E-state index contributed by atoms with van der Waals surface area (Å²) in [5.41, 5.74) is 1.85. The topological polar surface area (TPSA) is 56.0 Å². The molecule has 0 radical (unpaired) electrons. The first-order valence-corrected chi connectivity index (χ1v) is 6.54. The average molecular weight is 277 g/mol. The summed E-state index contributed by atoms with van der Waals surface area (Å²) in [4.78, 5) is 22.2. The molecule has 1 aliphatic rings. The van der Waals surface area contributed by atoms with Gasteiger partial charge in [-0.2, -0.15) is 0 Å². The van der Waals surface area contributed by atoms with Gasteiger partial charge in [0, 0.05) is 26.3 Å². The van der Waals surface area contributed by atoms with Gasteiger partial charge in [0.15, 0.2) is 5.82 Å². The molecule has 0 aliphatic carbocycles. The summed E-state index contributed by atoms with van der Waals surface area (Å²) in [6.07, 6.45) is 4.05. The number of rotatable bonds is 1. The molecule has 2 aromatic heterocycles. The van der Waals surface area contributed by atoms with Crippen LogP contribution in [0.2, 0.25) is 0 Å². The molecule has 0 atom stereocenters. The first kappa shape index (κ1) is 12.8. The Balaban J connectivity index is 1.99. The van der Waals surface area contributed by atoms with E-state index in [4.69, 9.17) is 0 Å². The molecule has 2 aromatic rings. The Hall–Kier alpha value is -2.18. The van der Waals surface area contributed by atoms with Gasteiger partial charge in [-0.15, -0.1) is 0 Å². The minimum atomic E-state index is -0.458. The fourth-order valence-electron chi connectivity index (χ4n) is 2.65. The maximum atomic E-state index is 12.9. The largest absolute Gasteiger partial charge is 0.336 e. The van der Waals surface area contributed by atoms with Crippen LogP contribution in [0.15, 0.2) is 17.2 Å². The van der Waals surface area contributed by atoms with Gasteiger partial charge in [0.25, 0.3) is 5.56 Å². The molecule has 6 nitrogen and oxygen atoms in total. The van der Waals surface area contributed by atoms with Crippen molar-refractivity contribution in [3.8, 4) is 0 Å². The number of hydrogen-bond acceptors (Lipinski definition) is 4. The third kappa shape index (κ3) is 1.99. The Morgan fingerprint density at radius 2 is 1.90 bits per heavy atom. The van der Waals surface area contributed by atoms with Gasteiger partial charge in [0.1, 0.15) is 0 Å². The molecular formula is C13H16FN5O. The Bertz CT molecular complexity index is 688. The van der Waals surface area contributed by atoms with E-state index in [1.165, 1.54) is 0 Å². The lowest BCUT2D eigenvalue weighted by molar-refractivity contribution is 0.550. The lowest BCUT2D eigenvalue weighted by atomic mass is 10.2. The SMILES string of the molecule is Cn1c2c(c(=O)n1C)CN(c1ncc(F)cn1)CCC2. The van der Waals surface area contributed by atoms with Crippen molar-refractivity contribution in [2.45, 2.75) is 19.4 Å². The minimum Gasteiger partial charge on any atom is -0.336 e. The molecule has 7 heteroatoms. The van der Waals surface area contributed by atoms with Crippen molar-refractivity contribution in [1.82, 2.24) is 19.3 Å². The molecule has 0 saturated heterocycles. The molecule has 0 amide bonds. The van der Waals surface area contributed by atoms with Gasteiger partial charge in [0.2, 0.25) is 5.95 Å². The number of nitrogens with zero attached hydrogens (tertiary/aromatic N) is 5. The number of halogens is 1. The van der Waals surface area contributed by atoms with Gasteiger partial charge < -0.3 is 4.90 Å². The molecule has 20 heavy (non-hydrogen) atoms. The van der Waals surface area contributed by atoms with Crippen LogP contribution in [0, 0.1) is 5.82 Å². The highest BCUT2D eigenvalue weighted by Crippen LogP contribution is 2.19. The molecule has 0 fully saturated rings. The molecule has 3 rings (SSSR count). The molecule has 0 N–H and O–H groups in total. The van der Waals surface area contributed by atoms with Crippen molar-refractivity contribution >= 4 is 5.95 Å². The van der Waals surface area contributed by atoms with E-state index in [1.54, 1.807) is 11.7 Å². The molecule has 1 aliphatic heterocycles. The Morgan fingerprint density at radius 1 is 1.20 bits per heavy atom. The Morgan fingerprint density at radius 3 is 2.60 bits per heavy atom. The normalized spacial score (nSPS) is 15.1. The van der Waals surface area contributed by atoms with Gasteiger partial charge in [0.05, 0.1) is 24.5 Å². The van der Waals surface area contributed by atoms with Crippen LogP contribution in [-0.4, -0.2) is 25.9 Å². The second-order valence-electron chi connectivity index (χ2n) is 5.00. The van der Waals surface area contributed by atoms with Crippen molar-refractivity contribution in [3.63, 3.8) is 0 Å². The van der Waals surface area contributed by atoms with Crippen LogP contribution < -0.4 is 10.5 Å². The lowest BCUT2D eigenvalue weighted by Gasteiger charge is -2.19. The third-order valence-electron chi connectivity index (χ3n) is 3.82. The molecule has 0 unspecified atom stereocenters. The zero-order chi connectivity index (χ0) is 14.3. The standard InChI is InChI=1S/C13H16FN5O/c1-17-11-4-3-5-19(8-10(11)12(20)18(17)2)13-15-6-9(14)7-16-13/h6-7H,3-5,8H2,1-2H3. The molecule has 0 bridgehead atoms. The first-order valence-electron chi connectivity index (χ1n) is 6.54. The van der Waals surface area contributed by atoms with Crippen molar-refractivity contribution in [1.29, 1.82) is 0 Å². The summed E-state index contributed by atoms with van der Waals surface area (Å²) in [5.74, 6) is 0.00467. The van der Waals surface area contributed by atoms with Gasteiger partial charge in [-0.3, -0.25) is 14.2 Å². The fourth-order valence-corrected chi connectivity index (χ4v) is 2.65. The molecule has 3 heterocycles. The van der Waals surface area contributed by atoms with E-state index in [2.05, 4.69) is 9.97 Å². The summed E-state index contributed by atoms with van der Waals surface area (Å²) in [5, 5.41) is 0. The fraction of sp³-hybridized carbons (Fsp3) is 0.462. The van der Waals surface area contributed by atoms with Crippen molar-refractivity contribution in [3.05, 3.63) is 39.8 Å². The second kappa shape index (κ2) is 4.73. The smallest absolute Gasteiger partial charge is 0.271 e. The van der Waals surface area contributed by atoms with Gasteiger partial charge in [-0.05, 0) is 12.8 Å². The highest BCUT2D eigenvalue weighted by Gasteiger charge is 2.23. The zero-order valence-corrected chi connectivity index (χ0v) is 11.5. The van der Waals surface area contributed by atoms with E-state index in [9.17, 15) is 9.18 Å².